The fourth-order valence-electron chi connectivity index (χ4n) is 0.915. The minimum Gasteiger partial charge on any atom is -0.461 e. The van der Waals surface area contributed by atoms with Gasteiger partial charge in [-0.25, -0.2) is 4.79 Å². The van der Waals surface area contributed by atoms with E-state index < -0.39 is 5.97 Å². The zero-order valence-corrected chi connectivity index (χ0v) is 11.7. The van der Waals surface area contributed by atoms with Gasteiger partial charge in [0.1, 0.15) is 6.61 Å². The molecule has 5 heteroatoms. The van der Waals surface area contributed by atoms with E-state index in [9.17, 15) is 4.79 Å². The van der Waals surface area contributed by atoms with E-state index in [1.54, 1.807) is 24.3 Å². The maximum Gasteiger partial charge on any atom is 0.339 e. The molecule has 0 N–H and O–H groups in total. The van der Waals surface area contributed by atoms with Crippen molar-refractivity contribution >= 4 is 49.4 Å². The first kappa shape index (κ1) is 13.0. The Morgan fingerprint density at radius 3 is 2.73 bits per heavy atom. The van der Waals surface area contributed by atoms with E-state index in [4.69, 9.17) is 16.3 Å². The lowest BCUT2D eigenvalue weighted by atomic mass is 10.2. The van der Waals surface area contributed by atoms with Gasteiger partial charge in [-0.05, 0) is 12.1 Å². The van der Waals surface area contributed by atoms with Gasteiger partial charge in [-0.3, -0.25) is 0 Å². The number of ether oxygens (including phenoxy) is 1. The number of alkyl halides is 2. The van der Waals surface area contributed by atoms with Gasteiger partial charge in [-0.2, -0.15) is 0 Å². The topological polar surface area (TPSA) is 26.3 Å². The third-order valence-corrected chi connectivity index (χ3v) is 4.22. The van der Waals surface area contributed by atoms with Crippen LogP contribution in [0.25, 0.3) is 0 Å². The van der Waals surface area contributed by atoms with Gasteiger partial charge >= 0.3 is 5.97 Å². The third-order valence-electron chi connectivity index (χ3n) is 1.66. The molecule has 0 radical (unpaired) electrons. The van der Waals surface area contributed by atoms with Crippen LogP contribution in [0.3, 0.4) is 0 Å². The van der Waals surface area contributed by atoms with E-state index in [2.05, 4.69) is 31.9 Å². The summed E-state index contributed by atoms with van der Waals surface area (Å²) in [6.07, 6.45) is 0. The number of hydrogen-bond donors (Lipinski definition) is 0. The van der Waals surface area contributed by atoms with Gasteiger partial charge in [0.25, 0.3) is 0 Å². The zero-order valence-electron chi connectivity index (χ0n) is 7.75. The van der Waals surface area contributed by atoms with E-state index in [1.807, 2.05) is 0 Å². The quantitative estimate of drug-likeness (QED) is 0.608. The summed E-state index contributed by atoms with van der Waals surface area (Å²) in [6.45, 7) is 0.315. The van der Waals surface area contributed by atoms with Crippen LogP contribution in [0.2, 0.25) is 5.02 Å². The maximum atomic E-state index is 11.5. The van der Waals surface area contributed by atoms with Crippen LogP contribution in [0, 0.1) is 0 Å². The Hall–Kier alpha value is -0.0600. The first-order valence-electron chi connectivity index (χ1n) is 4.27. The minimum atomic E-state index is -0.397. The van der Waals surface area contributed by atoms with Crippen molar-refractivity contribution in [3.8, 4) is 0 Å². The van der Waals surface area contributed by atoms with E-state index in [-0.39, 0.29) is 4.83 Å². The smallest absolute Gasteiger partial charge is 0.339 e. The summed E-state index contributed by atoms with van der Waals surface area (Å²) < 4.78 is 5.06. The molecule has 15 heavy (non-hydrogen) atoms. The summed E-state index contributed by atoms with van der Waals surface area (Å²) in [5.74, 6) is -0.397. The minimum absolute atomic E-state index is 0.115. The van der Waals surface area contributed by atoms with Crippen LogP contribution in [-0.2, 0) is 4.74 Å². The van der Waals surface area contributed by atoms with E-state index in [0.29, 0.717) is 17.2 Å². The summed E-state index contributed by atoms with van der Waals surface area (Å²) >= 11 is 12.5. The van der Waals surface area contributed by atoms with Gasteiger partial charge in [0.05, 0.1) is 15.4 Å². The number of carbonyl (C=O) groups is 1. The van der Waals surface area contributed by atoms with Gasteiger partial charge in [0.2, 0.25) is 0 Å². The van der Waals surface area contributed by atoms with Crippen LogP contribution < -0.4 is 0 Å². The molecule has 0 heterocycles. The first-order chi connectivity index (χ1) is 7.15. The van der Waals surface area contributed by atoms with E-state index >= 15 is 0 Å². The van der Waals surface area contributed by atoms with Crippen LogP contribution in [0.4, 0.5) is 0 Å². The molecule has 1 atom stereocenters. The van der Waals surface area contributed by atoms with Crippen molar-refractivity contribution in [3.63, 3.8) is 0 Å². The molecule has 0 fully saturated rings. The van der Waals surface area contributed by atoms with Gasteiger partial charge in [-0.15, -0.1) is 0 Å². The molecule has 0 aliphatic carbocycles. The Morgan fingerprint density at radius 1 is 1.47 bits per heavy atom. The van der Waals surface area contributed by atoms with Crippen molar-refractivity contribution < 1.29 is 9.53 Å². The third kappa shape index (κ3) is 4.13. The second-order valence-corrected chi connectivity index (χ2v) is 5.18. The Kier molecular flexibility index (Phi) is 5.64. The van der Waals surface area contributed by atoms with Gasteiger partial charge in [-0.1, -0.05) is 55.6 Å². The van der Waals surface area contributed by atoms with Crippen LogP contribution in [0.1, 0.15) is 10.4 Å². The average molecular weight is 356 g/mol. The largest absolute Gasteiger partial charge is 0.461 e. The fraction of sp³-hybridized carbons (Fsp3) is 0.300. The molecule has 0 aliphatic heterocycles. The Bertz CT molecular complexity index is 344. The number of carbonyl (C=O) groups excluding carboxylic acids is 1. The van der Waals surface area contributed by atoms with Crippen molar-refractivity contribution in [1.82, 2.24) is 0 Å². The molecule has 1 aromatic rings. The second-order valence-electron chi connectivity index (χ2n) is 2.83. The molecule has 0 aromatic heterocycles. The van der Waals surface area contributed by atoms with Gasteiger partial charge in [0.15, 0.2) is 0 Å². The van der Waals surface area contributed by atoms with Crippen LogP contribution in [0.5, 0.6) is 0 Å². The predicted octanol–water partition coefficient (Wildman–Crippen LogP) is 3.66. The molecular weight excluding hydrogens is 347 g/mol. The summed E-state index contributed by atoms with van der Waals surface area (Å²) in [6, 6.07) is 6.82. The molecule has 0 aliphatic rings. The van der Waals surface area contributed by atoms with Gasteiger partial charge in [0, 0.05) is 5.33 Å². The summed E-state index contributed by atoms with van der Waals surface area (Å²) in [5, 5.41) is 1.13. The van der Waals surface area contributed by atoms with Crippen LogP contribution in [0.15, 0.2) is 24.3 Å². The highest BCUT2D eigenvalue weighted by atomic mass is 79.9. The molecule has 1 unspecified atom stereocenters. The van der Waals surface area contributed by atoms with Gasteiger partial charge < -0.3 is 4.74 Å². The lowest BCUT2D eigenvalue weighted by Crippen LogP contribution is -2.15. The second kappa shape index (κ2) is 6.51. The molecule has 0 bridgehead atoms. The molecule has 0 saturated carbocycles. The Balaban J connectivity index is 2.58. The number of halogens is 3. The lowest BCUT2D eigenvalue weighted by molar-refractivity contribution is 0.0513. The van der Waals surface area contributed by atoms with Crippen molar-refractivity contribution in [3.05, 3.63) is 34.9 Å². The average Bonchev–Trinajstić information content (AvgIpc) is 2.26. The van der Waals surface area contributed by atoms with Crippen LogP contribution >= 0.6 is 43.5 Å². The highest BCUT2D eigenvalue weighted by Crippen LogP contribution is 2.16. The molecular formula is C10H9Br2ClO2. The molecule has 1 aromatic carbocycles. The Labute approximate surface area is 110 Å². The highest BCUT2D eigenvalue weighted by Gasteiger charge is 2.12. The number of hydrogen-bond acceptors (Lipinski definition) is 2. The molecule has 2 nitrogen and oxygen atoms in total. The standard InChI is InChI=1S/C10H9Br2ClO2/c11-5-7(12)6-15-10(14)8-3-1-2-4-9(8)13/h1-4,7H,5-6H2. The normalized spacial score (nSPS) is 12.2. The maximum absolute atomic E-state index is 11.5. The Morgan fingerprint density at radius 2 is 2.13 bits per heavy atom. The molecule has 1 rings (SSSR count). The van der Waals surface area contributed by atoms with Crippen LogP contribution in [-0.4, -0.2) is 22.7 Å². The van der Waals surface area contributed by atoms with Crippen molar-refractivity contribution in [2.45, 2.75) is 4.83 Å². The van der Waals surface area contributed by atoms with Crippen molar-refractivity contribution in [2.75, 3.05) is 11.9 Å². The molecule has 0 amide bonds. The number of rotatable bonds is 4. The molecule has 0 spiro atoms. The number of benzene rings is 1. The fourth-order valence-corrected chi connectivity index (χ4v) is 1.45. The summed E-state index contributed by atoms with van der Waals surface area (Å²) in [7, 11) is 0. The van der Waals surface area contributed by atoms with E-state index in [0.717, 1.165) is 5.33 Å². The van der Waals surface area contributed by atoms with E-state index in [1.165, 1.54) is 0 Å². The van der Waals surface area contributed by atoms with Crippen molar-refractivity contribution in [2.24, 2.45) is 0 Å². The first-order valence-corrected chi connectivity index (χ1v) is 6.68. The summed E-state index contributed by atoms with van der Waals surface area (Å²) in [5.41, 5.74) is 0.397. The predicted molar refractivity (Wildman–Crippen MR) is 68.2 cm³/mol. The number of esters is 1. The summed E-state index contributed by atoms with van der Waals surface area (Å²) in [4.78, 5) is 11.7. The monoisotopic (exact) mass is 354 g/mol. The molecule has 0 saturated heterocycles. The SMILES string of the molecule is O=C(OCC(Br)CBr)c1ccccc1Cl. The zero-order chi connectivity index (χ0) is 11.3. The highest BCUT2D eigenvalue weighted by molar-refractivity contribution is 9.12. The molecule has 82 valence electrons. The van der Waals surface area contributed by atoms with Crippen molar-refractivity contribution in [1.29, 1.82) is 0 Å². The lowest BCUT2D eigenvalue weighted by Gasteiger charge is -2.08.